The standard InChI is InChI=1S/C32H39N3O5S/c1-3-27(32(37)33-25-12-5-4-6-13-25)34(22-23-17-19-26(40-2)20-18-23)30(36)16-9-21-35-28-14-7-10-24-11-8-15-29(31(24)28)41(35,38)39/h7-8,10-11,14-15,17-20,25,27H,3-6,9,12-13,16,21-22H2,1-2H3,(H,33,37)/t27-/m0/s1. The number of nitrogens with zero attached hydrogens (tertiary/aromatic N) is 2. The lowest BCUT2D eigenvalue weighted by molar-refractivity contribution is -0.141. The summed E-state index contributed by atoms with van der Waals surface area (Å²) in [4.78, 5) is 29.2. The number of hydrogen-bond acceptors (Lipinski definition) is 5. The molecule has 41 heavy (non-hydrogen) atoms. The van der Waals surface area contributed by atoms with Crippen molar-refractivity contribution in [2.75, 3.05) is 18.0 Å². The number of benzene rings is 3. The van der Waals surface area contributed by atoms with Crippen molar-refractivity contribution < 1.29 is 22.7 Å². The molecule has 0 spiro atoms. The Morgan fingerprint density at radius 1 is 1.02 bits per heavy atom. The fourth-order valence-electron chi connectivity index (χ4n) is 6.11. The summed E-state index contributed by atoms with van der Waals surface area (Å²) in [7, 11) is -2.09. The Balaban J connectivity index is 1.32. The smallest absolute Gasteiger partial charge is 0.265 e. The molecule has 0 bridgehead atoms. The van der Waals surface area contributed by atoms with E-state index in [4.69, 9.17) is 4.74 Å². The molecule has 8 nitrogen and oxygen atoms in total. The molecular formula is C32H39N3O5S. The van der Waals surface area contributed by atoms with Crippen LogP contribution in [0.3, 0.4) is 0 Å². The molecule has 1 fully saturated rings. The summed E-state index contributed by atoms with van der Waals surface area (Å²) in [5.41, 5.74) is 1.55. The van der Waals surface area contributed by atoms with Crippen LogP contribution in [0.5, 0.6) is 5.75 Å². The van der Waals surface area contributed by atoms with Crippen molar-refractivity contribution >= 4 is 38.3 Å². The van der Waals surface area contributed by atoms with Crippen molar-refractivity contribution in [3.63, 3.8) is 0 Å². The summed E-state index contributed by atoms with van der Waals surface area (Å²) in [5, 5.41) is 4.81. The summed E-state index contributed by atoms with van der Waals surface area (Å²) >= 11 is 0. The zero-order valence-electron chi connectivity index (χ0n) is 23.8. The first kappa shape index (κ1) is 28.9. The highest BCUT2D eigenvalue weighted by Gasteiger charge is 2.36. The first-order valence-corrected chi connectivity index (χ1v) is 16.0. The van der Waals surface area contributed by atoms with Gasteiger partial charge in [-0.3, -0.25) is 13.9 Å². The average Bonchev–Trinajstić information content (AvgIpc) is 3.21. The summed E-state index contributed by atoms with van der Waals surface area (Å²) in [6.07, 6.45) is 6.28. The van der Waals surface area contributed by atoms with Crippen LogP contribution in [0.1, 0.15) is 63.9 Å². The normalized spacial score (nSPS) is 16.9. The van der Waals surface area contributed by atoms with Crippen LogP contribution in [0.15, 0.2) is 65.6 Å². The number of methoxy groups -OCH3 is 1. The molecule has 2 aliphatic rings. The minimum Gasteiger partial charge on any atom is -0.497 e. The number of hydrogen-bond donors (Lipinski definition) is 1. The van der Waals surface area contributed by atoms with Crippen molar-refractivity contribution in [1.29, 1.82) is 0 Å². The third-order valence-corrected chi connectivity index (χ3v) is 10.1. The second kappa shape index (κ2) is 12.5. The monoisotopic (exact) mass is 577 g/mol. The number of rotatable bonds is 11. The van der Waals surface area contributed by atoms with Gasteiger partial charge in [-0.25, -0.2) is 8.42 Å². The van der Waals surface area contributed by atoms with E-state index >= 15 is 0 Å². The predicted molar refractivity (Wildman–Crippen MR) is 160 cm³/mol. The number of ether oxygens (including phenoxy) is 1. The van der Waals surface area contributed by atoms with Gasteiger partial charge in [0.2, 0.25) is 11.8 Å². The summed E-state index contributed by atoms with van der Waals surface area (Å²) in [6.45, 7) is 2.39. The highest BCUT2D eigenvalue weighted by molar-refractivity contribution is 7.93. The van der Waals surface area contributed by atoms with Crippen LogP contribution in [0.2, 0.25) is 0 Å². The van der Waals surface area contributed by atoms with Crippen LogP contribution in [0.4, 0.5) is 5.69 Å². The molecule has 1 aliphatic carbocycles. The fraction of sp³-hybridized carbons (Fsp3) is 0.438. The third kappa shape index (κ3) is 6.05. The van der Waals surface area contributed by atoms with Crippen LogP contribution in [0, 0.1) is 0 Å². The van der Waals surface area contributed by atoms with E-state index in [9.17, 15) is 18.0 Å². The summed E-state index contributed by atoms with van der Waals surface area (Å²) < 4.78 is 33.4. The van der Waals surface area contributed by atoms with Crippen molar-refractivity contribution in [3.8, 4) is 5.75 Å². The van der Waals surface area contributed by atoms with E-state index in [1.807, 2.05) is 55.5 Å². The predicted octanol–water partition coefficient (Wildman–Crippen LogP) is 5.39. The lowest BCUT2D eigenvalue weighted by atomic mass is 9.95. The topological polar surface area (TPSA) is 96.0 Å². The number of amides is 2. The molecule has 218 valence electrons. The largest absolute Gasteiger partial charge is 0.497 e. The van der Waals surface area contributed by atoms with E-state index in [1.165, 1.54) is 10.7 Å². The fourth-order valence-corrected chi connectivity index (χ4v) is 7.86. The maximum absolute atomic E-state index is 13.8. The van der Waals surface area contributed by atoms with E-state index in [0.29, 0.717) is 23.4 Å². The lowest BCUT2D eigenvalue weighted by Gasteiger charge is -2.33. The molecule has 5 rings (SSSR count). The second-order valence-corrected chi connectivity index (χ2v) is 12.8. The highest BCUT2D eigenvalue weighted by Crippen LogP contribution is 2.42. The first-order chi connectivity index (χ1) is 19.8. The van der Waals surface area contributed by atoms with Gasteiger partial charge in [-0.2, -0.15) is 0 Å². The van der Waals surface area contributed by atoms with Crippen molar-refractivity contribution in [2.24, 2.45) is 0 Å². The van der Waals surface area contributed by atoms with Crippen molar-refractivity contribution in [1.82, 2.24) is 10.2 Å². The van der Waals surface area contributed by atoms with Crippen LogP contribution < -0.4 is 14.4 Å². The van der Waals surface area contributed by atoms with E-state index in [-0.39, 0.29) is 37.4 Å². The lowest BCUT2D eigenvalue weighted by Crippen LogP contribution is -2.51. The molecule has 2 amide bonds. The van der Waals surface area contributed by atoms with Gasteiger partial charge in [-0.05, 0) is 60.9 Å². The van der Waals surface area contributed by atoms with Gasteiger partial charge in [0.15, 0.2) is 0 Å². The van der Waals surface area contributed by atoms with Gasteiger partial charge in [0.05, 0.1) is 17.7 Å². The van der Waals surface area contributed by atoms with E-state index in [2.05, 4.69) is 5.32 Å². The number of carbonyl (C=O) groups is 2. The van der Waals surface area contributed by atoms with Crippen molar-refractivity contribution in [2.45, 2.75) is 81.8 Å². The van der Waals surface area contributed by atoms with Crippen LogP contribution in [-0.2, 0) is 26.2 Å². The Labute approximate surface area is 242 Å². The van der Waals surface area contributed by atoms with Gasteiger partial charge >= 0.3 is 0 Å². The Morgan fingerprint density at radius 2 is 1.73 bits per heavy atom. The Bertz CT molecular complexity index is 1490. The van der Waals surface area contributed by atoms with Crippen LogP contribution in [-0.4, -0.2) is 50.9 Å². The van der Waals surface area contributed by atoms with Gasteiger partial charge in [-0.15, -0.1) is 0 Å². The quantitative estimate of drug-likeness (QED) is 0.330. The maximum Gasteiger partial charge on any atom is 0.265 e. The van der Waals surface area contributed by atoms with Gasteiger partial charge < -0.3 is 15.0 Å². The SMILES string of the molecule is CC[C@@H](C(=O)NC1CCCCC1)N(Cc1ccc(OC)cc1)C(=O)CCCN1c2cccc3cccc(c23)S1(=O)=O. The minimum absolute atomic E-state index is 0.120. The van der Waals surface area contributed by atoms with E-state index < -0.39 is 16.1 Å². The molecule has 0 aromatic heterocycles. The van der Waals surface area contributed by atoms with E-state index in [0.717, 1.165) is 47.8 Å². The van der Waals surface area contributed by atoms with Crippen molar-refractivity contribution in [3.05, 3.63) is 66.2 Å². The molecule has 1 saturated carbocycles. The molecule has 1 heterocycles. The second-order valence-electron chi connectivity index (χ2n) is 10.9. The molecule has 0 saturated heterocycles. The average molecular weight is 578 g/mol. The molecule has 3 aromatic rings. The number of carbonyl (C=O) groups excluding carboxylic acids is 2. The Hall–Kier alpha value is -3.59. The number of anilines is 1. The summed E-state index contributed by atoms with van der Waals surface area (Å²) in [5.74, 6) is 0.431. The Morgan fingerprint density at radius 3 is 2.41 bits per heavy atom. The molecule has 0 radical (unpaired) electrons. The van der Waals surface area contributed by atoms with Gasteiger partial charge in [0.25, 0.3) is 10.0 Å². The molecule has 9 heteroatoms. The van der Waals surface area contributed by atoms with Gasteiger partial charge in [-0.1, -0.05) is 62.6 Å². The minimum atomic E-state index is -3.69. The highest BCUT2D eigenvalue weighted by atomic mass is 32.2. The zero-order valence-corrected chi connectivity index (χ0v) is 24.7. The van der Waals surface area contributed by atoms with Gasteiger partial charge in [0, 0.05) is 30.9 Å². The molecule has 1 N–H and O–H groups in total. The molecule has 0 unspecified atom stereocenters. The molecular weight excluding hydrogens is 538 g/mol. The molecule has 3 aromatic carbocycles. The maximum atomic E-state index is 13.8. The zero-order chi connectivity index (χ0) is 29.0. The Kier molecular flexibility index (Phi) is 8.82. The first-order valence-electron chi connectivity index (χ1n) is 14.6. The van der Waals surface area contributed by atoms with Crippen LogP contribution >= 0.6 is 0 Å². The third-order valence-electron chi connectivity index (χ3n) is 8.28. The van der Waals surface area contributed by atoms with Gasteiger partial charge in [0.1, 0.15) is 11.8 Å². The van der Waals surface area contributed by atoms with Crippen LogP contribution in [0.25, 0.3) is 10.8 Å². The molecule has 1 aliphatic heterocycles. The van der Waals surface area contributed by atoms with E-state index in [1.54, 1.807) is 24.1 Å². The number of nitrogens with one attached hydrogen (secondary N) is 1. The number of sulfonamides is 1. The molecule has 1 atom stereocenters. The summed E-state index contributed by atoms with van der Waals surface area (Å²) in [6, 6.07) is 17.9.